The molecule has 3 heterocycles. The monoisotopic (exact) mass is 539 g/mol. The molecule has 2 aromatic carbocycles. The molecule has 38 heavy (non-hydrogen) atoms. The fourth-order valence-electron chi connectivity index (χ4n) is 4.87. The van der Waals surface area contributed by atoms with Gasteiger partial charge < -0.3 is 19.1 Å². The third-order valence-corrected chi connectivity index (χ3v) is 8.82. The molecule has 2 aliphatic rings. The average molecular weight is 540 g/mol. The fraction of sp³-hybridized carbons (Fsp3) is 0.296. The summed E-state index contributed by atoms with van der Waals surface area (Å²) >= 11 is 0. The molecule has 1 fully saturated rings. The number of carbonyl (C=O) groups is 2. The minimum atomic E-state index is -4.14. The van der Waals surface area contributed by atoms with Crippen LogP contribution in [0.25, 0.3) is 17.0 Å². The van der Waals surface area contributed by atoms with Gasteiger partial charge in [-0.3, -0.25) is 9.59 Å². The Morgan fingerprint density at radius 2 is 1.63 bits per heavy atom. The molecule has 0 atom stereocenters. The first kappa shape index (κ1) is 25.7. The molecule has 0 aliphatic carbocycles. The van der Waals surface area contributed by atoms with Gasteiger partial charge in [0.15, 0.2) is 0 Å². The van der Waals surface area contributed by atoms with Crippen molar-refractivity contribution in [3.63, 3.8) is 0 Å². The second-order valence-corrected chi connectivity index (χ2v) is 11.0. The number of piperazine rings is 1. The molecule has 9 nitrogen and oxygen atoms in total. The van der Waals surface area contributed by atoms with Gasteiger partial charge in [0.1, 0.15) is 21.9 Å². The van der Waals surface area contributed by atoms with Gasteiger partial charge in [-0.2, -0.15) is 0 Å². The molecule has 198 valence electrons. The van der Waals surface area contributed by atoms with Gasteiger partial charge in [0.05, 0.1) is 4.90 Å². The standard InChI is InChI=1S/C27H26FN3O6S/c1-3-29(4-2)18-9-8-17-14-20(27(34)37-22(17)15-18)25(32)30-10-12-31(13-11-30)26(33)24-16-19-21(28)6-5-7-23(19)38(24,35)36/h5-9,14-16H,3-4,10-13H2,1-2H3. The van der Waals surface area contributed by atoms with Crippen LogP contribution in [0.15, 0.2) is 61.5 Å². The van der Waals surface area contributed by atoms with Crippen molar-refractivity contribution in [2.24, 2.45) is 0 Å². The van der Waals surface area contributed by atoms with Crippen molar-refractivity contribution >= 4 is 44.4 Å². The van der Waals surface area contributed by atoms with Crippen LogP contribution in [0.1, 0.15) is 29.8 Å². The number of anilines is 1. The first-order valence-corrected chi connectivity index (χ1v) is 13.8. The van der Waals surface area contributed by atoms with Gasteiger partial charge in [-0.1, -0.05) is 6.07 Å². The SMILES string of the molecule is CCN(CC)c1ccc2cc(C(=O)N3CCN(C(=O)C4=Cc5c(F)cccc5S4(=O)=O)CC3)c(=O)oc2c1. The van der Waals surface area contributed by atoms with Crippen LogP contribution in [0.5, 0.6) is 0 Å². The third kappa shape index (κ3) is 4.26. The lowest BCUT2D eigenvalue weighted by Gasteiger charge is -2.34. The van der Waals surface area contributed by atoms with Crippen LogP contribution in [0, 0.1) is 5.82 Å². The van der Waals surface area contributed by atoms with Crippen molar-refractivity contribution in [1.82, 2.24) is 9.80 Å². The van der Waals surface area contributed by atoms with E-state index in [-0.39, 0.29) is 42.2 Å². The van der Waals surface area contributed by atoms with E-state index < -0.39 is 38.0 Å². The van der Waals surface area contributed by atoms with Crippen LogP contribution in [-0.2, 0) is 14.6 Å². The minimum absolute atomic E-state index is 0.0579. The number of benzene rings is 2. The van der Waals surface area contributed by atoms with E-state index in [0.717, 1.165) is 30.9 Å². The van der Waals surface area contributed by atoms with Crippen molar-refractivity contribution in [3.05, 3.63) is 74.7 Å². The Hall–Kier alpha value is -3.99. The Kier molecular flexibility index (Phi) is 6.56. The number of carbonyl (C=O) groups excluding carboxylic acids is 2. The van der Waals surface area contributed by atoms with E-state index >= 15 is 0 Å². The molecule has 0 saturated carbocycles. The molecular weight excluding hydrogens is 513 g/mol. The molecule has 2 aliphatic heterocycles. The Balaban J connectivity index is 1.31. The van der Waals surface area contributed by atoms with Crippen molar-refractivity contribution < 1.29 is 26.8 Å². The highest BCUT2D eigenvalue weighted by Crippen LogP contribution is 2.35. The molecule has 5 rings (SSSR count). The van der Waals surface area contributed by atoms with Gasteiger partial charge in [-0.15, -0.1) is 0 Å². The van der Waals surface area contributed by atoms with Crippen molar-refractivity contribution in [3.8, 4) is 0 Å². The summed E-state index contributed by atoms with van der Waals surface area (Å²) in [5, 5.41) is 0.614. The lowest BCUT2D eigenvalue weighted by Crippen LogP contribution is -2.51. The van der Waals surface area contributed by atoms with Crippen LogP contribution >= 0.6 is 0 Å². The first-order valence-electron chi connectivity index (χ1n) is 12.3. The molecule has 1 aromatic heterocycles. The van der Waals surface area contributed by atoms with E-state index in [4.69, 9.17) is 4.42 Å². The summed E-state index contributed by atoms with van der Waals surface area (Å²) in [6.45, 7) is 5.96. The van der Waals surface area contributed by atoms with Gasteiger partial charge in [-0.25, -0.2) is 17.6 Å². The van der Waals surface area contributed by atoms with E-state index in [1.165, 1.54) is 28.0 Å². The summed E-state index contributed by atoms with van der Waals surface area (Å²) in [5.74, 6) is -1.99. The number of halogens is 1. The van der Waals surface area contributed by atoms with Crippen LogP contribution in [0.3, 0.4) is 0 Å². The van der Waals surface area contributed by atoms with Gasteiger partial charge in [0, 0.05) is 62.0 Å². The van der Waals surface area contributed by atoms with Crippen molar-refractivity contribution in [1.29, 1.82) is 0 Å². The highest BCUT2D eigenvalue weighted by atomic mass is 32.2. The lowest BCUT2D eigenvalue weighted by molar-refractivity contribution is -0.127. The number of rotatable bonds is 5. The fourth-order valence-corrected chi connectivity index (χ4v) is 6.44. The average Bonchev–Trinajstić information content (AvgIpc) is 3.19. The van der Waals surface area contributed by atoms with E-state index in [1.807, 2.05) is 19.9 Å². The van der Waals surface area contributed by atoms with Crippen LogP contribution in [0.2, 0.25) is 0 Å². The maximum absolute atomic E-state index is 14.1. The molecular formula is C27H26FN3O6S. The van der Waals surface area contributed by atoms with E-state index in [9.17, 15) is 27.2 Å². The van der Waals surface area contributed by atoms with Crippen LogP contribution < -0.4 is 10.5 Å². The third-order valence-electron chi connectivity index (χ3n) is 7.01. The topological polar surface area (TPSA) is 108 Å². The van der Waals surface area contributed by atoms with Crippen LogP contribution in [0.4, 0.5) is 10.1 Å². The summed E-state index contributed by atoms with van der Waals surface area (Å²) < 4.78 is 45.2. The molecule has 0 bridgehead atoms. The molecule has 3 aromatic rings. The molecule has 2 amide bonds. The van der Waals surface area contributed by atoms with Crippen LogP contribution in [-0.4, -0.2) is 69.3 Å². The summed E-state index contributed by atoms with van der Waals surface area (Å²) in [4.78, 5) is 43.0. The number of hydrogen-bond donors (Lipinski definition) is 0. The highest BCUT2D eigenvalue weighted by Gasteiger charge is 2.39. The molecule has 0 N–H and O–H groups in total. The van der Waals surface area contributed by atoms with Crippen molar-refractivity contribution in [2.45, 2.75) is 18.7 Å². The Morgan fingerprint density at radius 1 is 0.974 bits per heavy atom. The molecule has 0 unspecified atom stereocenters. The van der Waals surface area contributed by atoms with Crippen molar-refractivity contribution in [2.75, 3.05) is 44.2 Å². The zero-order valence-corrected chi connectivity index (χ0v) is 21.8. The number of nitrogens with zero attached hydrogens (tertiary/aromatic N) is 3. The number of amides is 2. The summed E-state index contributed by atoms with van der Waals surface area (Å²) in [6.07, 6.45) is 1.06. The van der Waals surface area contributed by atoms with E-state index in [2.05, 4.69) is 4.90 Å². The second kappa shape index (κ2) is 9.71. The molecule has 1 saturated heterocycles. The zero-order valence-electron chi connectivity index (χ0n) is 20.9. The first-order chi connectivity index (χ1) is 18.1. The van der Waals surface area contributed by atoms with E-state index in [0.29, 0.717) is 11.0 Å². The predicted molar refractivity (Wildman–Crippen MR) is 140 cm³/mol. The highest BCUT2D eigenvalue weighted by molar-refractivity contribution is 7.96. The summed E-state index contributed by atoms with van der Waals surface area (Å²) in [5.41, 5.74) is 0.307. The zero-order chi connectivity index (χ0) is 27.2. The molecule has 11 heteroatoms. The number of fused-ring (bicyclic) bond motifs is 2. The summed E-state index contributed by atoms with van der Waals surface area (Å²) in [7, 11) is -4.14. The van der Waals surface area contributed by atoms with Gasteiger partial charge in [0.2, 0.25) is 9.84 Å². The number of hydrogen-bond acceptors (Lipinski definition) is 7. The smallest absolute Gasteiger partial charge is 0.349 e. The summed E-state index contributed by atoms with van der Waals surface area (Å²) in [6, 6.07) is 10.7. The maximum atomic E-state index is 14.1. The lowest BCUT2D eigenvalue weighted by atomic mass is 10.1. The maximum Gasteiger partial charge on any atom is 0.349 e. The quantitative estimate of drug-likeness (QED) is 0.459. The normalized spacial score (nSPS) is 16.3. The molecule has 0 spiro atoms. The van der Waals surface area contributed by atoms with E-state index in [1.54, 1.807) is 12.1 Å². The predicted octanol–water partition coefficient (Wildman–Crippen LogP) is 2.89. The second-order valence-electron chi connectivity index (χ2n) is 9.09. The van der Waals surface area contributed by atoms with Gasteiger partial charge >= 0.3 is 5.63 Å². The van der Waals surface area contributed by atoms with Gasteiger partial charge in [-0.05, 0) is 50.3 Å². The Labute approximate surface area is 218 Å². The molecule has 0 radical (unpaired) electrons. The van der Waals surface area contributed by atoms with Gasteiger partial charge in [0.25, 0.3) is 11.8 Å². The largest absolute Gasteiger partial charge is 0.422 e. The Bertz CT molecular complexity index is 1650. The minimum Gasteiger partial charge on any atom is -0.422 e. The Morgan fingerprint density at radius 3 is 2.26 bits per heavy atom. The number of sulfone groups is 1.